The van der Waals surface area contributed by atoms with E-state index in [-0.39, 0.29) is 17.5 Å². The van der Waals surface area contributed by atoms with Crippen LogP contribution in [0.15, 0.2) is 53.4 Å². The molecule has 0 saturated heterocycles. The van der Waals surface area contributed by atoms with Crippen LogP contribution in [0.1, 0.15) is 35.7 Å². The predicted molar refractivity (Wildman–Crippen MR) is 96.5 cm³/mol. The van der Waals surface area contributed by atoms with E-state index in [1.165, 1.54) is 24.3 Å². The van der Waals surface area contributed by atoms with Crippen molar-refractivity contribution in [3.63, 3.8) is 0 Å². The molecule has 0 heterocycles. The molecule has 138 valence electrons. The fraction of sp³-hybridized carbons (Fsp3) is 0.316. The van der Waals surface area contributed by atoms with Crippen LogP contribution in [0.4, 0.5) is 0 Å². The highest BCUT2D eigenvalue weighted by atomic mass is 32.2. The highest BCUT2D eigenvalue weighted by Gasteiger charge is 2.28. The molecule has 0 aliphatic heterocycles. The summed E-state index contributed by atoms with van der Waals surface area (Å²) >= 11 is 0. The molecule has 1 saturated carbocycles. The molecular formula is C19H21NO5S. The lowest BCUT2D eigenvalue weighted by Crippen LogP contribution is -2.25. The van der Waals surface area contributed by atoms with Gasteiger partial charge in [0.05, 0.1) is 17.1 Å². The molecule has 26 heavy (non-hydrogen) atoms. The van der Waals surface area contributed by atoms with Gasteiger partial charge in [-0.05, 0) is 50.1 Å². The second kappa shape index (κ2) is 7.88. The molecule has 1 aliphatic carbocycles. The third-order valence-electron chi connectivity index (χ3n) is 3.93. The van der Waals surface area contributed by atoms with E-state index >= 15 is 0 Å². The van der Waals surface area contributed by atoms with Crippen molar-refractivity contribution in [1.29, 1.82) is 0 Å². The number of ether oxygens (including phenoxy) is 2. The minimum atomic E-state index is -3.53. The molecule has 0 atom stereocenters. The molecule has 0 amide bonds. The zero-order valence-corrected chi connectivity index (χ0v) is 15.3. The first-order valence-electron chi connectivity index (χ1n) is 8.50. The Morgan fingerprint density at radius 1 is 1.12 bits per heavy atom. The van der Waals surface area contributed by atoms with Gasteiger partial charge in [-0.15, -0.1) is 0 Å². The molecule has 0 aromatic heterocycles. The Balaban J connectivity index is 1.63. The highest BCUT2D eigenvalue weighted by molar-refractivity contribution is 7.89. The highest BCUT2D eigenvalue weighted by Crippen LogP contribution is 2.23. The van der Waals surface area contributed by atoms with Crippen molar-refractivity contribution in [2.75, 3.05) is 6.61 Å². The molecular weight excluding hydrogens is 354 g/mol. The average molecular weight is 375 g/mol. The summed E-state index contributed by atoms with van der Waals surface area (Å²) in [4.78, 5) is 12.3. The minimum absolute atomic E-state index is 0.0371. The second-order valence-corrected chi connectivity index (χ2v) is 7.75. The van der Waals surface area contributed by atoms with Crippen molar-refractivity contribution in [3.05, 3.63) is 59.7 Å². The Hall–Kier alpha value is -2.38. The number of hydrogen-bond acceptors (Lipinski definition) is 5. The number of esters is 1. The maximum absolute atomic E-state index is 12.2. The van der Waals surface area contributed by atoms with Gasteiger partial charge in [-0.25, -0.2) is 17.9 Å². The number of carbonyl (C=O) groups is 1. The Kier molecular flexibility index (Phi) is 5.58. The van der Waals surface area contributed by atoms with E-state index in [4.69, 9.17) is 9.47 Å². The van der Waals surface area contributed by atoms with E-state index in [0.717, 1.165) is 18.4 Å². The number of rotatable bonds is 8. The van der Waals surface area contributed by atoms with Gasteiger partial charge in [-0.3, -0.25) is 0 Å². The van der Waals surface area contributed by atoms with Crippen LogP contribution in [0.5, 0.6) is 5.75 Å². The zero-order valence-electron chi connectivity index (χ0n) is 14.5. The predicted octanol–water partition coefficient (Wildman–Crippen LogP) is 2.88. The van der Waals surface area contributed by atoms with Crippen molar-refractivity contribution < 1.29 is 22.7 Å². The van der Waals surface area contributed by atoms with Crippen LogP contribution in [-0.4, -0.2) is 27.0 Å². The summed E-state index contributed by atoms with van der Waals surface area (Å²) in [6.45, 7) is 2.49. The normalized spacial score (nSPS) is 14.0. The molecule has 1 fully saturated rings. The smallest absolute Gasteiger partial charge is 0.338 e. The molecule has 2 aromatic carbocycles. The third-order valence-corrected chi connectivity index (χ3v) is 5.47. The van der Waals surface area contributed by atoms with Gasteiger partial charge in [-0.1, -0.05) is 18.2 Å². The van der Waals surface area contributed by atoms with Crippen LogP contribution in [0.3, 0.4) is 0 Å². The van der Waals surface area contributed by atoms with Crippen LogP contribution in [-0.2, 0) is 21.4 Å². The minimum Gasteiger partial charge on any atom is -0.493 e. The van der Waals surface area contributed by atoms with E-state index in [0.29, 0.717) is 17.9 Å². The van der Waals surface area contributed by atoms with E-state index in [2.05, 4.69) is 4.72 Å². The van der Waals surface area contributed by atoms with Gasteiger partial charge >= 0.3 is 5.97 Å². The van der Waals surface area contributed by atoms with Gasteiger partial charge in [0.2, 0.25) is 10.0 Å². The van der Waals surface area contributed by atoms with Gasteiger partial charge in [0.25, 0.3) is 0 Å². The zero-order chi connectivity index (χ0) is 18.6. The van der Waals surface area contributed by atoms with Crippen molar-refractivity contribution in [3.8, 4) is 5.75 Å². The van der Waals surface area contributed by atoms with Crippen LogP contribution < -0.4 is 9.46 Å². The monoisotopic (exact) mass is 375 g/mol. The first-order chi connectivity index (χ1) is 12.5. The molecule has 1 aliphatic rings. The summed E-state index contributed by atoms with van der Waals surface area (Å²) in [7, 11) is -3.53. The SMILES string of the molecule is CCOc1ccccc1COC(=O)c1ccc(S(=O)(=O)NC2CC2)cc1. The van der Waals surface area contributed by atoms with Gasteiger partial charge in [0.15, 0.2) is 0 Å². The fourth-order valence-corrected chi connectivity index (χ4v) is 3.71. The summed E-state index contributed by atoms with van der Waals surface area (Å²) in [6.07, 6.45) is 1.74. The van der Waals surface area contributed by atoms with E-state index in [1.54, 1.807) is 0 Å². The molecule has 7 heteroatoms. The molecule has 2 aromatic rings. The number of para-hydroxylation sites is 1. The standard InChI is InChI=1S/C19H21NO5S/c1-2-24-18-6-4-3-5-15(18)13-25-19(21)14-7-11-17(12-8-14)26(22,23)20-16-9-10-16/h3-8,11-12,16,20H,2,9-10,13H2,1H3. The second-order valence-electron chi connectivity index (χ2n) is 6.04. The summed E-state index contributed by atoms with van der Waals surface area (Å²) in [6, 6.07) is 13.1. The summed E-state index contributed by atoms with van der Waals surface area (Å²) in [5, 5.41) is 0. The van der Waals surface area contributed by atoms with Gasteiger partial charge < -0.3 is 9.47 Å². The van der Waals surface area contributed by atoms with Crippen LogP contribution in [0, 0.1) is 0 Å². The maximum Gasteiger partial charge on any atom is 0.338 e. The average Bonchev–Trinajstić information content (AvgIpc) is 3.44. The lowest BCUT2D eigenvalue weighted by molar-refractivity contribution is 0.0469. The molecule has 6 nitrogen and oxygen atoms in total. The largest absolute Gasteiger partial charge is 0.493 e. The summed E-state index contributed by atoms with van der Waals surface area (Å²) in [5.41, 5.74) is 1.07. The van der Waals surface area contributed by atoms with Gasteiger partial charge in [0.1, 0.15) is 12.4 Å². The lowest BCUT2D eigenvalue weighted by atomic mass is 10.2. The maximum atomic E-state index is 12.2. The molecule has 0 unspecified atom stereocenters. The van der Waals surface area contributed by atoms with Crippen LogP contribution in [0.25, 0.3) is 0 Å². The summed E-state index contributed by atoms with van der Waals surface area (Å²) in [5.74, 6) is 0.158. The fourth-order valence-electron chi connectivity index (χ4n) is 2.40. The molecule has 0 spiro atoms. The number of nitrogens with one attached hydrogen (secondary N) is 1. The van der Waals surface area contributed by atoms with E-state index in [1.807, 2.05) is 31.2 Å². The Labute approximate surface area is 153 Å². The van der Waals surface area contributed by atoms with Gasteiger partial charge in [-0.2, -0.15) is 0 Å². The molecule has 0 radical (unpaired) electrons. The van der Waals surface area contributed by atoms with Crippen molar-refractivity contribution in [2.24, 2.45) is 0 Å². The van der Waals surface area contributed by atoms with Gasteiger partial charge in [0, 0.05) is 11.6 Å². The quantitative estimate of drug-likeness (QED) is 0.718. The van der Waals surface area contributed by atoms with Crippen LogP contribution >= 0.6 is 0 Å². The number of hydrogen-bond donors (Lipinski definition) is 1. The molecule has 0 bridgehead atoms. The number of sulfonamides is 1. The van der Waals surface area contributed by atoms with Crippen molar-refractivity contribution in [2.45, 2.75) is 37.3 Å². The first-order valence-corrected chi connectivity index (χ1v) is 9.98. The third kappa shape index (κ3) is 4.62. The van der Waals surface area contributed by atoms with E-state index in [9.17, 15) is 13.2 Å². The lowest BCUT2D eigenvalue weighted by Gasteiger charge is -2.11. The topological polar surface area (TPSA) is 81.7 Å². The number of benzene rings is 2. The number of carbonyl (C=O) groups excluding carboxylic acids is 1. The van der Waals surface area contributed by atoms with Crippen molar-refractivity contribution in [1.82, 2.24) is 4.72 Å². The molecule has 3 rings (SSSR count). The Bertz CT molecular complexity index is 873. The van der Waals surface area contributed by atoms with Crippen LogP contribution in [0.2, 0.25) is 0 Å². The Morgan fingerprint density at radius 3 is 2.46 bits per heavy atom. The Morgan fingerprint density at radius 2 is 1.81 bits per heavy atom. The molecule has 1 N–H and O–H groups in total. The first kappa shape index (κ1) is 18.4. The van der Waals surface area contributed by atoms with E-state index < -0.39 is 16.0 Å². The van der Waals surface area contributed by atoms with Crippen molar-refractivity contribution >= 4 is 16.0 Å². The summed E-state index contributed by atoms with van der Waals surface area (Å²) < 4.78 is 37.7.